The number of carbonyl (C=O) groups is 1. The van der Waals surface area contributed by atoms with Gasteiger partial charge in [-0.1, -0.05) is 0 Å². The third-order valence-corrected chi connectivity index (χ3v) is 5.46. The quantitative estimate of drug-likeness (QED) is 0.846. The van der Waals surface area contributed by atoms with Crippen molar-refractivity contribution in [1.82, 2.24) is 14.9 Å². The highest BCUT2D eigenvalue weighted by Crippen LogP contribution is 2.42. The van der Waals surface area contributed by atoms with Gasteiger partial charge in [0.15, 0.2) is 0 Å². The summed E-state index contributed by atoms with van der Waals surface area (Å²) in [7, 11) is 1.61. The van der Waals surface area contributed by atoms with Gasteiger partial charge in [-0.2, -0.15) is 4.98 Å². The molecule has 1 atom stereocenters. The van der Waals surface area contributed by atoms with Crippen molar-refractivity contribution in [2.45, 2.75) is 32.1 Å². The van der Waals surface area contributed by atoms with E-state index in [4.69, 9.17) is 4.74 Å². The standard InChI is InChI=1S/C17H24N4O2/c1-23-14-5-8-18-16(19-14)21-10-7-17(12-21)6-2-9-20(15(17)22)11-13-3-4-13/h5,8,13H,2-4,6-7,9-12H2,1H3/t17-/m1/s1. The molecule has 1 aromatic rings. The molecule has 6 heteroatoms. The van der Waals surface area contributed by atoms with Gasteiger partial charge in [0.05, 0.1) is 12.5 Å². The second kappa shape index (κ2) is 5.65. The van der Waals surface area contributed by atoms with Gasteiger partial charge >= 0.3 is 0 Å². The Bertz CT molecular complexity index is 604. The number of amides is 1. The average Bonchev–Trinajstić information content (AvgIpc) is 3.30. The number of ether oxygens (including phenoxy) is 1. The van der Waals surface area contributed by atoms with Gasteiger partial charge in [-0.05, 0) is 38.0 Å². The van der Waals surface area contributed by atoms with Gasteiger partial charge in [0.1, 0.15) is 0 Å². The highest BCUT2D eigenvalue weighted by Gasteiger charge is 2.49. The number of aromatic nitrogens is 2. The molecule has 1 aliphatic carbocycles. The molecule has 2 saturated heterocycles. The molecular formula is C17H24N4O2. The predicted octanol–water partition coefficient (Wildman–Crippen LogP) is 1.71. The lowest BCUT2D eigenvalue weighted by atomic mass is 9.78. The summed E-state index contributed by atoms with van der Waals surface area (Å²) in [5, 5.41) is 0. The van der Waals surface area contributed by atoms with E-state index < -0.39 is 0 Å². The van der Waals surface area contributed by atoms with E-state index in [1.165, 1.54) is 12.8 Å². The first kappa shape index (κ1) is 14.7. The Morgan fingerprint density at radius 2 is 2.22 bits per heavy atom. The summed E-state index contributed by atoms with van der Waals surface area (Å²) in [5.41, 5.74) is -0.223. The fourth-order valence-electron chi connectivity index (χ4n) is 3.96. The van der Waals surface area contributed by atoms with Gasteiger partial charge in [0.25, 0.3) is 0 Å². The zero-order chi connectivity index (χ0) is 15.9. The van der Waals surface area contributed by atoms with Crippen LogP contribution in [-0.2, 0) is 4.79 Å². The molecule has 124 valence electrons. The summed E-state index contributed by atoms with van der Waals surface area (Å²) in [6.07, 6.45) is 7.32. The number of likely N-dealkylation sites (tertiary alicyclic amines) is 1. The summed E-state index contributed by atoms with van der Waals surface area (Å²) in [6, 6.07) is 1.75. The number of nitrogens with zero attached hydrogens (tertiary/aromatic N) is 4. The molecule has 4 rings (SSSR count). The van der Waals surface area contributed by atoms with E-state index >= 15 is 0 Å². The van der Waals surface area contributed by atoms with E-state index in [0.29, 0.717) is 17.7 Å². The molecule has 0 radical (unpaired) electrons. The Labute approximate surface area is 136 Å². The minimum absolute atomic E-state index is 0.223. The Hall–Kier alpha value is -1.85. The molecule has 1 spiro atoms. The average molecular weight is 316 g/mol. The van der Waals surface area contributed by atoms with Crippen LogP contribution < -0.4 is 9.64 Å². The van der Waals surface area contributed by atoms with Crippen LogP contribution in [0, 0.1) is 11.3 Å². The van der Waals surface area contributed by atoms with Crippen LogP contribution >= 0.6 is 0 Å². The minimum atomic E-state index is -0.223. The maximum atomic E-state index is 13.0. The van der Waals surface area contributed by atoms with Crippen LogP contribution in [0.4, 0.5) is 5.95 Å². The molecule has 1 aromatic heterocycles. The van der Waals surface area contributed by atoms with Crippen molar-refractivity contribution in [3.63, 3.8) is 0 Å². The van der Waals surface area contributed by atoms with Crippen molar-refractivity contribution in [3.05, 3.63) is 12.3 Å². The highest BCUT2D eigenvalue weighted by atomic mass is 16.5. The molecule has 0 aromatic carbocycles. The summed E-state index contributed by atoms with van der Waals surface area (Å²) in [4.78, 5) is 26.1. The van der Waals surface area contributed by atoms with E-state index in [0.717, 1.165) is 51.4 Å². The lowest BCUT2D eigenvalue weighted by Crippen LogP contribution is -2.50. The molecule has 3 fully saturated rings. The van der Waals surface area contributed by atoms with Crippen molar-refractivity contribution < 1.29 is 9.53 Å². The van der Waals surface area contributed by atoms with Crippen LogP contribution in [0.2, 0.25) is 0 Å². The second-order valence-corrected chi connectivity index (χ2v) is 7.15. The number of methoxy groups -OCH3 is 1. The lowest BCUT2D eigenvalue weighted by Gasteiger charge is -2.39. The molecule has 3 heterocycles. The summed E-state index contributed by atoms with van der Waals surface area (Å²) >= 11 is 0. The SMILES string of the molecule is COc1ccnc(N2CC[C@]3(CCCN(CC4CC4)C3=O)C2)n1. The molecule has 0 bridgehead atoms. The van der Waals surface area contributed by atoms with Crippen LogP contribution in [0.25, 0.3) is 0 Å². The molecule has 0 N–H and O–H groups in total. The largest absolute Gasteiger partial charge is 0.481 e. The van der Waals surface area contributed by atoms with Gasteiger partial charge in [0.2, 0.25) is 17.7 Å². The van der Waals surface area contributed by atoms with Crippen LogP contribution in [0.1, 0.15) is 32.1 Å². The van der Waals surface area contributed by atoms with E-state index in [-0.39, 0.29) is 5.41 Å². The second-order valence-electron chi connectivity index (χ2n) is 7.15. The topological polar surface area (TPSA) is 58.6 Å². The molecule has 6 nitrogen and oxygen atoms in total. The van der Waals surface area contributed by atoms with Crippen LogP contribution in [0.5, 0.6) is 5.88 Å². The molecule has 1 saturated carbocycles. The van der Waals surface area contributed by atoms with Crippen molar-refractivity contribution >= 4 is 11.9 Å². The van der Waals surface area contributed by atoms with Crippen molar-refractivity contribution in [2.75, 3.05) is 38.2 Å². The Morgan fingerprint density at radius 1 is 1.35 bits per heavy atom. The molecule has 3 aliphatic rings. The highest BCUT2D eigenvalue weighted by molar-refractivity contribution is 5.85. The fraction of sp³-hybridized carbons (Fsp3) is 0.706. The van der Waals surface area contributed by atoms with Crippen molar-refractivity contribution in [1.29, 1.82) is 0 Å². The summed E-state index contributed by atoms with van der Waals surface area (Å²) in [6.45, 7) is 3.49. The number of hydrogen-bond acceptors (Lipinski definition) is 5. The number of anilines is 1. The van der Waals surface area contributed by atoms with Gasteiger partial charge < -0.3 is 14.5 Å². The maximum Gasteiger partial charge on any atom is 0.230 e. The van der Waals surface area contributed by atoms with Gasteiger partial charge in [-0.15, -0.1) is 0 Å². The number of carbonyl (C=O) groups excluding carboxylic acids is 1. The number of hydrogen-bond donors (Lipinski definition) is 0. The predicted molar refractivity (Wildman–Crippen MR) is 86.4 cm³/mol. The first-order valence-corrected chi connectivity index (χ1v) is 8.62. The summed E-state index contributed by atoms with van der Waals surface area (Å²) in [5.74, 6) is 2.36. The maximum absolute atomic E-state index is 13.0. The van der Waals surface area contributed by atoms with E-state index in [1.807, 2.05) is 0 Å². The van der Waals surface area contributed by atoms with Gasteiger partial charge in [0, 0.05) is 38.4 Å². The van der Waals surface area contributed by atoms with Gasteiger partial charge in [-0.3, -0.25) is 4.79 Å². The first-order valence-electron chi connectivity index (χ1n) is 8.62. The Morgan fingerprint density at radius 3 is 3.00 bits per heavy atom. The third kappa shape index (κ3) is 2.75. The zero-order valence-corrected chi connectivity index (χ0v) is 13.7. The van der Waals surface area contributed by atoms with E-state index in [1.54, 1.807) is 19.4 Å². The third-order valence-electron chi connectivity index (χ3n) is 5.46. The summed E-state index contributed by atoms with van der Waals surface area (Å²) < 4.78 is 5.19. The van der Waals surface area contributed by atoms with Crippen LogP contribution in [0.15, 0.2) is 12.3 Å². The molecular weight excluding hydrogens is 292 g/mol. The van der Waals surface area contributed by atoms with Gasteiger partial charge in [-0.25, -0.2) is 4.98 Å². The Balaban J connectivity index is 1.50. The molecule has 1 amide bonds. The van der Waals surface area contributed by atoms with E-state index in [9.17, 15) is 4.79 Å². The van der Waals surface area contributed by atoms with Crippen LogP contribution in [0.3, 0.4) is 0 Å². The van der Waals surface area contributed by atoms with Crippen molar-refractivity contribution in [2.24, 2.45) is 11.3 Å². The molecule has 2 aliphatic heterocycles. The molecule has 23 heavy (non-hydrogen) atoms. The number of piperidine rings is 1. The first-order chi connectivity index (χ1) is 11.2. The Kier molecular flexibility index (Phi) is 3.62. The smallest absolute Gasteiger partial charge is 0.230 e. The van der Waals surface area contributed by atoms with Crippen LogP contribution in [-0.4, -0.2) is 54.1 Å². The zero-order valence-electron chi connectivity index (χ0n) is 13.7. The monoisotopic (exact) mass is 316 g/mol. The number of rotatable bonds is 4. The fourth-order valence-corrected chi connectivity index (χ4v) is 3.96. The lowest BCUT2D eigenvalue weighted by molar-refractivity contribution is -0.145. The minimum Gasteiger partial charge on any atom is -0.481 e. The normalized spacial score (nSPS) is 27.8. The van der Waals surface area contributed by atoms with E-state index in [2.05, 4.69) is 19.8 Å². The molecule has 0 unspecified atom stereocenters. The van der Waals surface area contributed by atoms with Crippen molar-refractivity contribution in [3.8, 4) is 5.88 Å².